The van der Waals surface area contributed by atoms with Gasteiger partial charge in [-0.3, -0.25) is 10.1 Å². The average molecular weight is 420 g/mol. The Morgan fingerprint density at radius 1 is 1.10 bits per heavy atom. The SMILES string of the molecule is Cc1onc(-c2ccccc2)c1C(=O)Nc1nc(C23CC4CC(CC(C4)C2)C3)cs1. The summed E-state index contributed by atoms with van der Waals surface area (Å²) in [6, 6.07) is 9.67. The highest BCUT2D eigenvalue weighted by Crippen LogP contribution is 2.60. The molecule has 1 N–H and O–H groups in total. The maximum absolute atomic E-state index is 13.1. The van der Waals surface area contributed by atoms with E-state index in [9.17, 15) is 4.79 Å². The lowest BCUT2D eigenvalue weighted by Crippen LogP contribution is -2.48. The number of hydrogen-bond donors (Lipinski definition) is 1. The molecule has 4 fully saturated rings. The smallest absolute Gasteiger partial charge is 0.263 e. The summed E-state index contributed by atoms with van der Waals surface area (Å²) >= 11 is 1.54. The maximum Gasteiger partial charge on any atom is 0.263 e. The van der Waals surface area contributed by atoms with Gasteiger partial charge in [0.1, 0.15) is 17.0 Å². The zero-order valence-electron chi connectivity index (χ0n) is 17.1. The standard InChI is InChI=1S/C24H25N3O2S/c1-14-20(21(27-29-14)18-5-3-2-4-6-18)22(28)26-23-25-19(13-30-23)24-10-15-7-16(11-24)9-17(8-15)12-24/h2-6,13,15-17H,7-12H2,1H3,(H,25,26,28). The molecular formula is C24H25N3O2S. The first kappa shape index (κ1) is 18.3. The molecule has 4 bridgehead atoms. The molecule has 30 heavy (non-hydrogen) atoms. The number of aromatic nitrogens is 2. The molecule has 2 heterocycles. The van der Waals surface area contributed by atoms with Crippen molar-refractivity contribution in [3.05, 3.63) is 52.7 Å². The number of aryl methyl sites for hydroxylation is 1. The highest BCUT2D eigenvalue weighted by Gasteiger charge is 2.52. The van der Waals surface area contributed by atoms with Crippen LogP contribution >= 0.6 is 11.3 Å². The Morgan fingerprint density at radius 2 is 1.77 bits per heavy atom. The maximum atomic E-state index is 13.1. The first-order valence-corrected chi connectivity index (χ1v) is 11.8. The minimum absolute atomic E-state index is 0.209. The van der Waals surface area contributed by atoms with Gasteiger partial charge in [0.05, 0.1) is 5.69 Å². The third-order valence-corrected chi connectivity index (χ3v) is 8.20. The Hall–Kier alpha value is -2.47. The van der Waals surface area contributed by atoms with Crippen LogP contribution in [0.15, 0.2) is 40.2 Å². The van der Waals surface area contributed by atoms with Gasteiger partial charge in [-0.2, -0.15) is 0 Å². The number of hydrogen-bond acceptors (Lipinski definition) is 5. The van der Waals surface area contributed by atoms with Crippen LogP contribution in [0.3, 0.4) is 0 Å². The molecule has 0 spiro atoms. The van der Waals surface area contributed by atoms with Crippen molar-refractivity contribution in [3.8, 4) is 11.3 Å². The largest absolute Gasteiger partial charge is 0.360 e. The van der Waals surface area contributed by atoms with E-state index in [1.54, 1.807) is 6.92 Å². The van der Waals surface area contributed by atoms with Crippen LogP contribution in [0.25, 0.3) is 11.3 Å². The molecule has 154 valence electrons. The first-order chi connectivity index (χ1) is 14.6. The zero-order valence-corrected chi connectivity index (χ0v) is 17.9. The lowest BCUT2D eigenvalue weighted by atomic mass is 9.49. The highest BCUT2D eigenvalue weighted by molar-refractivity contribution is 7.14. The second-order valence-corrected chi connectivity index (χ2v) is 10.4. The molecule has 0 unspecified atom stereocenters. The van der Waals surface area contributed by atoms with E-state index >= 15 is 0 Å². The summed E-state index contributed by atoms with van der Waals surface area (Å²) in [5.41, 5.74) is 3.37. The van der Waals surface area contributed by atoms with Gasteiger partial charge < -0.3 is 4.52 Å². The number of nitrogens with zero attached hydrogens (tertiary/aromatic N) is 2. The monoisotopic (exact) mass is 419 g/mol. The minimum atomic E-state index is -0.209. The van der Waals surface area contributed by atoms with E-state index in [1.807, 2.05) is 30.3 Å². The van der Waals surface area contributed by atoms with Gasteiger partial charge in [0.25, 0.3) is 5.91 Å². The Bertz CT molecular complexity index is 1070. The van der Waals surface area contributed by atoms with Crippen molar-refractivity contribution in [3.63, 3.8) is 0 Å². The van der Waals surface area contributed by atoms with Crippen LogP contribution in [0.2, 0.25) is 0 Å². The van der Waals surface area contributed by atoms with Crippen molar-refractivity contribution in [2.45, 2.75) is 50.9 Å². The van der Waals surface area contributed by atoms with Crippen molar-refractivity contribution in [1.29, 1.82) is 0 Å². The molecule has 0 aliphatic heterocycles. The molecule has 5 nitrogen and oxygen atoms in total. The van der Waals surface area contributed by atoms with Gasteiger partial charge in [0.2, 0.25) is 0 Å². The van der Waals surface area contributed by atoms with Gasteiger partial charge in [-0.05, 0) is 63.2 Å². The number of carbonyl (C=O) groups excluding carboxylic acids is 1. The fourth-order valence-electron chi connectivity index (χ4n) is 6.59. The Labute approximate surface area is 179 Å². The fraction of sp³-hybridized carbons (Fsp3) is 0.458. The minimum Gasteiger partial charge on any atom is -0.360 e. The van der Waals surface area contributed by atoms with Crippen molar-refractivity contribution in [2.75, 3.05) is 5.32 Å². The molecule has 4 aliphatic rings. The van der Waals surface area contributed by atoms with Gasteiger partial charge in [-0.25, -0.2) is 4.98 Å². The van der Waals surface area contributed by atoms with E-state index in [0.29, 0.717) is 22.1 Å². The van der Waals surface area contributed by atoms with E-state index < -0.39 is 0 Å². The number of anilines is 1. The summed E-state index contributed by atoms with van der Waals surface area (Å²) in [6.45, 7) is 1.77. The zero-order chi connectivity index (χ0) is 20.3. The number of nitrogens with one attached hydrogen (secondary N) is 1. The Kier molecular flexibility index (Phi) is 4.13. The van der Waals surface area contributed by atoms with Crippen molar-refractivity contribution < 1.29 is 9.32 Å². The molecule has 4 saturated carbocycles. The summed E-state index contributed by atoms with van der Waals surface area (Å²) in [6.07, 6.45) is 8.09. The van der Waals surface area contributed by atoms with Gasteiger partial charge in [0, 0.05) is 16.4 Å². The Morgan fingerprint density at radius 3 is 2.43 bits per heavy atom. The van der Waals surface area contributed by atoms with Crippen molar-refractivity contribution in [2.24, 2.45) is 17.8 Å². The number of rotatable bonds is 4. The summed E-state index contributed by atoms with van der Waals surface area (Å²) in [7, 11) is 0. The van der Waals surface area contributed by atoms with Crippen LogP contribution in [-0.2, 0) is 5.41 Å². The molecule has 4 aliphatic carbocycles. The third kappa shape index (κ3) is 2.92. The third-order valence-electron chi connectivity index (χ3n) is 7.44. The molecule has 6 heteroatoms. The van der Waals surface area contributed by atoms with Gasteiger partial charge in [0.15, 0.2) is 5.13 Å². The first-order valence-electron chi connectivity index (χ1n) is 10.9. The van der Waals surface area contributed by atoms with E-state index in [1.165, 1.54) is 55.6 Å². The normalized spacial score (nSPS) is 29.3. The molecule has 0 atom stereocenters. The molecule has 1 aromatic carbocycles. The van der Waals surface area contributed by atoms with Crippen LogP contribution in [0, 0.1) is 24.7 Å². The second-order valence-electron chi connectivity index (χ2n) is 9.52. The van der Waals surface area contributed by atoms with Crippen molar-refractivity contribution >= 4 is 22.4 Å². The predicted octanol–water partition coefficient (Wildman–Crippen LogP) is 5.83. The summed E-state index contributed by atoms with van der Waals surface area (Å²) < 4.78 is 5.35. The molecule has 0 saturated heterocycles. The molecule has 2 aromatic heterocycles. The highest BCUT2D eigenvalue weighted by atomic mass is 32.1. The molecule has 0 radical (unpaired) electrons. The van der Waals surface area contributed by atoms with E-state index in [2.05, 4.69) is 15.9 Å². The number of thiazole rings is 1. The van der Waals surface area contributed by atoms with Crippen LogP contribution < -0.4 is 5.32 Å². The van der Waals surface area contributed by atoms with Gasteiger partial charge in [-0.1, -0.05) is 35.5 Å². The average Bonchev–Trinajstić information content (AvgIpc) is 3.35. The van der Waals surface area contributed by atoms with Gasteiger partial charge >= 0.3 is 0 Å². The van der Waals surface area contributed by atoms with Crippen molar-refractivity contribution in [1.82, 2.24) is 10.1 Å². The lowest BCUT2D eigenvalue weighted by Gasteiger charge is -2.56. The van der Waals surface area contributed by atoms with Crippen LogP contribution in [0.1, 0.15) is 60.3 Å². The lowest BCUT2D eigenvalue weighted by molar-refractivity contribution is -0.00688. The Balaban J connectivity index is 1.26. The molecule has 3 aromatic rings. The van der Waals surface area contributed by atoms with E-state index in [-0.39, 0.29) is 11.3 Å². The van der Waals surface area contributed by atoms with E-state index in [0.717, 1.165) is 23.3 Å². The molecule has 7 rings (SSSR count). The van der Waals surface area contributed by atoms with Crippen LogP contribution in [-0.4, -0.2) is 16.0 Å². The summed E-state index contributed by atoms with van der Waals surface area (Å²) in [5.74, 6) is 2.94. The topological polar surface area (TPSA) is 68.0 Å². The molecule has 1 amide bonds. The number of amides is 1. The number of carbonyl (C=O) groups is 1. The predicted molar refractivity (Wildman–Crippen MR) is 117 cm³/mol. The van der Waals surface area contributed by atoms with Crippen LogP contribution in [0.4, 0.5) is 5.13 Å². The number of benzene rings is 1. The van der Waals surface area contributed by atoms with E-state index in [4.69, 9.17) is 9.51 Å². The summed E-state index contributed by atoms with van der Waals surface area (Å²) in [4.78, 5) is 18.0. The second kappa shape index (κ2) is 6.77. The quantitative estimate of drug-likeness (QED) is 0.578. The van der Waals surface area contributed by atoms with Crippen LogP contribution in [0.5, 0.6) is 0 Å². The molecular weight excluding hydrogens is 394 g/mol. The van der Waals surface area contributed by atoms with Gasteiger partial charge in [-0.15, -0.1) is 11.3 Å². The fourth-order valence-corrected chi connectivity index (χ4v) is 7.42. The summed E-state index contributed by atoms with van der Waals surface area (Å²) in [5, 5.41) is 10.00.